The molecule has 0 spiro atoms. The van der Waals surface area contributed by atoms with Crippen LogP contribution in [0.1, 0.15) is 15.9 Å². The Balaban J connectivity index is 2.08. The normalized spacial score (nSPS) is 10.8. The Bertz CT molecular complexity index is 790. The van der Waals surface area contributed by atoms with Crippen LogP contribution in [0.4, 0.5) is 0 Å². The zero-order chi connectivity index (χ0) is 14.8. The molecule has 3 rings (SSSR count). The molecule has 1 aromatic heterocycles. The Morgan fingerprint density at radius 3 is 2.57 bits per heavy atom. The highest BCUT2D eigenvalue weighted by Gasteiger charge is 2.17. The van der Waals surface area contributed by atoms with E-state index >= 15 is 0 Å². The van der Waals surface area contributed by atoms with Gasteiger partial charge < -0.3 is 9.72 Å². The van der Waals surface area contributed by atoms with Gasteiger partial charge in [0.1, 0.15) is 5.75 Å². The summed E-state index contributed by atoms with van der Waals surface area (Å²) in [5.74, 6) is 0.705. The molecule has 0 saturated carbocycles. The van der Waals surface area contributed by atoms with E-state index in [1.54, 1.807) is 25.1 Å². The molecule has 1 heterocycles. The molecule has 1 N–H and O–H groups in total. The van der Waals surface area contributed by atoms with Gasteiger partial charge in [-0.3, -0.25) is 4.79 Å². The van der Waals surface area contributed by atoms with Crippen molar-refractivity contribution in [1.82, 2.24) is 4.98 Å². The molecule has 3 nitrogen and oxygen atoms in total. The number of fused-ring (bicyclic) bond motifs is 1. The standard InChI is InChI=1S/C17H15NO2S/c1-20-15-5-3-4-14-16(15)13(10-18-14)17(19)11-6-8-12(21-2)9-7-11/h3-10,18H,1-2H3. The van der Waals surface area contributed by atoms with Gasteiger partial charge in [0.25, 0.3) is 0 Å². The van der Waals surface area contributed by atoms with Crippen molar-refractivity contribution >= 4 is 28.4 Å². The Labute approximate surface area is 127 Å². The maximum atomic E-state index is 12.7. The highest BCUT2D eigenvalue weighted by Crippen LogP contribution is 2.30. The minimum absolute atomic E-state index is 0.00148. The average molecular weight is 297 g/mol. The van der Waals surface area contributed by atoms with E-state index in [0.717, 1.165) is 15.8 Å². The molecule has 0 aliphatic carbocycles. The van der Waals surface area contributed by atoms with E-state index in [-0.39, 0.29) is 5.78 Å². The van der Waals surface area contributed by atoms with Gasteiger partial charge in [-0.1, -0.05) is 6.07 Å². The molecule has 21 heavy (non-hydrogen) atoms. The number of aromatic nitrogens is 1. The molecule has 0 bridgehead atoms. The largest absolute Gasteiger partial charge is 0.496 e. The van der Waals surface area contributed by atoms with Crippen molar-refractivity contribution in [2.24, 2.45) is 0 Å². The lowest BCUT2D eigenvalue weighted by molar-refractivity contribution is 0.104. The fourth-order valence-corrected chi connectivity index (χ4v) is 2.81. The summed E-state index contributed by atoms with van der Waals surface area (Å²) in [5, 5.41) is 0.832. The Kier molecular flexibility index (Phi) is 3.71. The molecular weight excluding hydrogens is 282 g/mol. The van der Waals surface area contributed by atoms with Gasteiger partial charge in [-0.05, 0) is 42.7 Å². The predicted octanol–water partition coefficient (Wildman–Crippen LogP) is 4.13. The van der Waals surface area contributed by atoms with Crippen LogP contribution < -0.4 is 4.74 Å². The van der Waals surface area contributed by atoms with Crippen LogP contribution in [0.3, 0.4) is 0 Å². The Morgan fingerprint density at radius 1 is 1.14 bits per heavy atom. The molecule has 0 unspecified atom stereocenters. The molecule has 0 aliphatic rings. The number of hydrogen-bond acceptors (Lipinski definition) is 3. The number of nitrogens with one attached hydrogen (secondary N) is 1. The van der Waals surface area contributed by atoms with Gasteiger partial charge in [-0.15, -0.1) is 11.8 Å². The summed E-state index contributed by atoms with van der Waals surface area (Å²) in [5.41, 5.74) is 2.22. The van der Waals surface area contributed by atoms with Crippen LogP contribution in [0.15, 0.2) is 53.6 Å². The summed E-state index contributed by atoms with van der Waals surface area (Å²) in [6.45, 7) is 0. The minimum atomic E-state index is -0.00148. The topological polar surface area (TPSA) is 42.1 Å². The van der Waals surface area contributed by atoms with Crippen molar-refractivity contribution in [3.63, 3.8) is 0 Å². The molecule has 0 saturated heterocycles. The summed E-state index contributed by atoms with van der Waals surface area (Å²) >= 11 is 1.66. The van der Waals surface area contributed by atoms with Crippen molar-refractivity contribution in [2.75, 3.05) is 13.4 Å². The van der Waals surface area contributed by atoms with Crippen LogP contribution in [0.2, 0.25) is 0 Å². The molecule has 3 aromatic rings. The summed E-state index contributed by atoms with van der Waals surface area (Å²) in [7, 11) is 1.61. The predicted molar refractivity (Wildman–Crippen MR) is 86.5 cm³/mol. The molecule has 0 aliphatic heterocycles. The first-order valence-electron chi connectivity index (χ1n) is 6.57. The number of hydrogen-bond donors (Lipinski definition) is 1. The highest BCUT2D eigenvalue weighted by atomic mass is 32.2. The van der Waals surface area contributed by atoms with E-state index < -0.39 is 0 Å². The number of thioether (sulfide) groups is 1. The van der Waals surface area contributed by atoms with Gasteiger partial charge in [0.15, 0.2) is 5.78 Å². The smallest absolute Gasteiger partial charge is 0.195 e. The number of carbonyl (C=O) groups excluding carboxylic acids is 1. The third kappa shape index (κ3) is 2.43. The number of ether oxygens (including phenoxy) is 1. The lowest BCUT2D eigenvalue weighted by atomic mass is 10.0. The second-order valence-corrected chi connectivity index (χ2v) is 5.52. The average Bonchev–Trinajstić information content (AvgIpc) is 2.98. The van der Waals surface area contributed by atoms with Gasteiger partial charge >= 0.3 is 0 Å². The molecule has 2 aromatic carbocycles. The Hall–Kier alpha value is -2.20. The quantitative estimate of drug-likeness (QED) is 0.581. The summed E-state index contributed by atoms with van der Waals surface area (Å²) in [6.07, 6.45) is 3.76. The number of rotatable bonds is 4. The van der Waals surface area contributed by atoms with Gasteiger partial charge in [-0.2, -0.15) is 0 Å². The number of methoxy groups -OCH3 is 1. The van der Waals surface area contributed by atoms with Crippen LogP contribution in [0.25, 0.3) is 10.9 Å². The molecular formula is C17H15NO2S. The number of aromatic amines is 1. The summed E-state index contributed by atoms with van der Waals surface area (Å²) < 4.78 is 5.37. The molecule has 0 radical (unpaired) electrons. The number of ketones is 1. The maximum absolute atomic E-state index is 12.7. The highest BCUT2D eigenvalue weighted by molar-refractivity contribution is 7.98. The summed E-state index contributed by atoms with van der Waals surface area (Å²) in [6, 6.07) is 13.4. The van der Waals surface area contributed by atoms with Gasteiger partial charge in [-0.25, -0.2) is 0 Å². The lowest BCUT2D eigenvalue weighted by Crippen LogP contribution is -2.00. The maximum Gasteiger partial charge on any atom is 0.195 e. The monoisotopic (exact) mass is 297 g/mol. The van der Waals surface area contributed by atoms with E-state index in [9.17, 15) is 4.79 Å². The van der Waals surface area contributed by atoms with E-state index in [1.165, 1.54) is 0 Å². The fraction of sp³-hybridized carbons (Fsp3) is 0.118. The molecule has 0 amide bonds. The van der Waals surface area contributed by atoms with Crippen LogP contribution >= 0.6 is 11.8 Å². The van der Waals surface area contributed by atoms with E-state index in [2.05, 4.69) is 4.98 Å². The van der Waals surface area contributed by atoms with Crippen molar-refractivity contribution in [3.05, 3.63) is 59.8 Å². The number of H-pyrrole nitrogens is 1. The second kappa shape index (κ2) is 5.66. The van der Waals surface area contributed by atoms with Crippen LogP contribution in [0, 0.1) is 0 Å². The fourth-order valence-electron chi connectivity index (χ4n) is 2.40. The van der Waals surface area contributed by atoms with E-state index in [0.29, 0.717) is 16.9 Å². The van der Waals surface area contributed by atoms with E-state index in [4.69, 9.17) is 4.74 Å². The molecule has 106 valence electrons. The third-order valence-corrected chi connectivity index (χ3v) is 4.23. The van der Waals surface area contributed by atoms with Gasteiger partial charge in [0.05, 0.1) is 18.1 Å². The molecule has 4 heteroatoms. The first-order valence-corrected chi connectivity index (χ1v) is 7.80. The van der Waals surface area contributed by atoms with Crippen LogP contribution in [-0.2, 0) is 0 Å². The van der Waals surface area contributed by atoms with Crippen molar-refractivity contribution < 1.29 is 9.53 Å². The third-order valence-electron chi connectivity index (χ3n) is 3.48. The van der Waals surface area contributed by atoms with Crippen LogP contribution in [-0.4, -0.2) is 24.1 Å². The van der Waals surface area contributed by atoms with Crippen molar-refractivity contribution in [2.45, 2.75) is 4.90 Å². The molecule has 0 fully saturated rings. The Morgan fingerprint density at radius 2 is 1.90 bits per heavy atom. The lowest BCUT2D eigenvalue weighted by Gasteiger charge is -2.05. The first-order chi connectivity index (χ1) is 10.2. The minimum Gasteiger partial charge on any atom is -0.496 e. The van der Waals surface area contributed by atoms with Crippen molar-refractivity contribution in [1.29, 1.82) is 0 Å². The molecule has 0 atom stereocenters. The van der Waals surface area contributed by atoms with Gasteiger partial charge in [0, 0.05) is 22.2 Å². The van der Waals surface area contributed by atoms with Crippen LogP contribution in [0.5, 0.6) is 5.75 Å². The SMILES string of the molecule is COc1cccc2[nH]cc(C(=O)c3ccc(SC)cc3)c12. The second-order valence-electron chi connectivity index (χ2n) is 4.64. The zero-order valence-electron chi connectivity index (χ0n) is 11.8. The number of carbonyl (C=O) groups is 1. The number of benzene rings is 2. The summed E-state index contributed by atoms with van der Waals surface area (Å²) in [4.78, 5) is 17.0. The first kappa shape index (κ1) is 13.8. The van der Waals surface area contributed by atoms with Crippen molar-refractivity contribution in [3.8, 4) is 5.75 Å². The van der Waals surface area contributed by atoms with E-state index in [1.807, 2.05) is 48.7 Å². The van der Waals surface area contributed by atoms with Gasteiger partial charge in [0.2, 0.25) is 0 Å². The zero-order valence-corrected chi connectivity index (χ0v) is 12.7.